The number of rotatable bonds is 3. The Kier molecular flexibility index (Phi) is 4.01. The highest BCUT2D eigenvalue weighted by molar-refractivity contribution is 6.32. The normalized spacial score (nSPS) is 14.2. The summed E-state index contributed by atoms with van der Waals surface area (Å²) >= 11 is 6.13. The van der Waals surface area contributed by atoms with Crippen molar-refractivity contribution in [3.8, 4) is 5.69 Å². The lowest BCUT2D eigenvalue weighted by Crippen LogP contribution is -2.22. The molecule has 1 aliphatic rings. The van der Waals surface area contributed by atoms with E-state index in [0.717, 1.165) is 18.6 Å². The number of halogens is 1. The molecule has 6 heteroatoms. The van der Waals surface area contributed by atoms with E-state index in [1.54, 1.807) is 12.1 Å². The zero-order valence-electron chi connectivity index (χ0n) is 11.4. The highest BCUT2D eigenvalue weighted by Gasteiger charge is 2.12. The lowest BCUT2D eigenvalue weighted by molar-refractivity contribution is 0.808. The molecule has 2 aromatic rings. The summed E-state index contributed by atoms with van der Waals surface area (Å²) in [5.41, 5.74) is 4.72. The highest BCUT2D eigenvalue weighted by Crippen LogP contribution is 2.19. The average Bonchev–Trinajstić information content (AvgIpc) is 3.03. The van der Waals surface area contributed by atoms with Crippen LogP contribution in [0.3, 0.4) is 0 Å². The molecule has 0 unspecified atom stereocenters. The summed E-state index contributed by atoms with van der Waals surface area (Å²) in [6, 6.07) is 9.17. The van der Waals surface area contributed by atoms with Crippen molar-refractivity contribution in [1.82, 2.24) is 9.78 Å². The maximum absolute atomic E-state index is 12.3. The Morgan fingerprint density at radius 2 is 1.90 bits per heavy atom. The molecule has 108 valence electrons. The van der Waals surface area contributed by atoms with E-state index >= 15 is 0 Å². The van der Waals surface area contributed by atoms with Crippen molar-refractivity contribution in [3.63, 3.8) is 0 Å². The molecule has 1 saturated carbocycles. The Morgan fingerprint density at radius 1 is 1.19 bits per heavy atom. The summed E-state index contributed by atoms with van der Waals surface area (Å²) in [6.07, 6.45) is 5.86. The van der Waals surface area contributed by atoms with Gasteiger partial charge in [-0.2, -0.15) is 14.9 Å². The minimum absolute atomic E-state index is 0.0937. The van der Waals surface area contributed by atoms with E-state index in [0.29, 0.717) is 11.4 Å². The molecule has 21 heavy (non-hydrogen) atoms. The second kappa shape index (κ2) is 6.10. The van der Waals surface area contributed by atoms with Crippen LogP contribution in [0.2, 0.25) is 5.02 Å². The van der Waals surface area contributed by atoms with Crippen LogP contribution in [0.15, 0.2) is 46.4 Å². The van der Waals surface area contributed by atoms with Crippen LogP contribution < -0.4 is 11.0 Å². The SMILES string of the molecule is O=c1c(Cl)c(NN=C2CCCC2)cnn1-c1ccccc1. The molecular weight excluding hydrogens is 288 g/mol. The second-order valence-corrected chi connectivity index (χ2v) is 5.30. The number of nitrogens with zero attached hydrogens (tertiary/aromatic N) is 3. The topological polar surface area (TPSA) is 59.3 Å². The van der Waals surface area contributed by atoms with E-state index in [4.69, 9.17) is 11.6 Å². The van der Waals surface area contributed by atoms with E-state index in [9.17, 15) is 4.79 Å². The minimum Gasteiger partial charge on any atom is -0.275 e. The van der Waals surface area contributed by atoms with Crippen LogP contribution in [0.5, 0.6) is 0 Å². The molecule has 5 nitrogen and oxygen atoms in total. The van der Waals surface area contributed by atoms with Crippen LogP contribution in [0.4, 0.5) is 5.69 Å². The average molecular weight is 303 g/mol. The van der Waals surface area contributed by atoms with Crippen LogP contribution in [0.25, 0.3) is 5.69 Å². The van der Waals surface area contributed by atoms with Gasteiger partial charge in [0.1, 0.15) is 10.7 Å². The van der Waals surface area contributed by atoms with Crippen molar-refractivity contribution >= 4 is 23.0 Å². The lowest BCUT2D eigenvalue weighted by atomic mass is 10.3. The molecule has 0 atom stereocenters. The maximum Gasteiger partial charge on any atom is 0.292 e. The molecule has 1 N–H and O–H groups in total. The second-order valence-electron chi connectivity index (χ2n) is 4.92. The van der Waals surface area contributed by atoms with Gasteiger partial charge in [-0.15, -0.1) is 0 Å². The number of nitrogens with one attached hydrogen (secondary N) is 1. The minimum atomic E-state index is -0.362. The fraction of sp³-hybridized carbons (Fsp3) is 0.267. The van der Waals surface area contributed by atoms with Crippen LogP contribution in [0, 0.1) is 0 Å². The number of hydrogen-bond donors (Lipinski definition) is 1. The summed E-state index contributed by atoms with van der Waals surface area (Å²) in [4.78, 5) is 12.3. The molecule has 0 bridgehead atoms. The van der Waals surface area contributed by atoms with Gasteiger partial charge in [-0.3, -0.25) is 10.2 Å². The zero-order valence-corrected chi connectivity index (χ0v) is 12.2. The molecular formula is C15H15ClN4O. The van der Waals surface area contributed by atoms with Gasteiger partial charge in [-0.1, -0.05) is 29.8 Å². The molecule has 1 aliphatic carbocycles. The number of anilines is 1. The Balaban J connectivity index is 1.90. The van der Waals surface area contributed by atoms with Gasteiger partial charge in [0, 0.05) is 5.71 Å². The molecule has 1 aromatic heterocycles. The van der Waals surface area contributed by atoms with Gasteiger partial charge in [0.25, 0.3) is 5.56 Å². The fourth-order valence-electron chi connectivity index (χ4n) is 2.30. The smallest absolute Gasteiger partial charge is 0.275 e. The third-order valence-electron chi connectivity index (χ3n) is 3.43. The number of para-hydroxylation sites is 1. The third-order valence-corrected chi connectivity index (χ3v) is 3.80. The first-order valence-corrected chi connectivity index (χ1v) is 7.28. The molecule has 1 fully saturated rings. The summed E-state index contributed by atoms with van der Waals surface area (Å²) in [7, 11) is 0. The van der Waals surface area contributed by atoms with Gasteiger partial charge >= 0.3 is 0 Å². The van der Waals surface area contributed by atoms with Crippen LogP contribution in [0.1, 0.15) is 25.7 Å². The van der Waals surface area contributed by atoms with Crippen molar-refractivity contribution in [3.05, 3.63) is 51.9 Å². The van der Waals surface area contributed by atoms with Crippen molar-refractivity contribution in [2.24, 2.45) is 5.10 Å². The van der Waals surface area contributed by atoms with Gasteiger partial charge < -0.3 is 0 Å². The van der Waals surface area contributed by atoms with E-state index < -0.39 is 0 Å². The third kappa shape index (κ3) is 2.97. The van der Waals surface area contributed by atoms with Crippen LogP contribution >= 0.6 is 11.6 Å². The fourth-order valence-corrected chi connectivity index (χ4v) is 2.47. The number of aromatic nitrogens is 2. The molecule has 1 aromatic carbocycles. The van der Waals surface area contributed by atoms with Crippen LogP contribution in [-0.4, -0.2) is 15.5 Å². The van der Waals surface area contributed by atoms with E-state index in [1.165, 1.54) is 23.7 Å². The molecule has 0 spiro atoms. The van der Waals surface area contributed by atoms with Crippen molar-refractivity contribution in [1.29, 1.82) is 0 Å². The van der Waals surface area contributed by atoms with Gasteiger partial charge in [-0.05, 0) is 37.8 Å². The van der Waals surface area contributed by atoms with Crippen molar-refractivity contribution in [2.75, 3.05) is 5.43 Å². The van der Waals surface area contributed by atoms with E-state index in [2.05, 4.69) is 15.6 Å². The summed E-state index contributed by atoms with van der Waals surface area (Å²) in [6.45, 7) is 0. The highest BCUT2D eigenvalue weighted by atomic mass is 35.5. The first-order valence-electron chi connectivity index (χ1n) is 6.90. The Hall–Kier alpha value is -2.14. The predicted octanol–water partition coefficient (Wildman–Crippen LogP) is 3.23. The number of hydrazone groups is 1. The Morgan fingerprint density at radius 3 is 2.62 bits per heavy atom. The molecule has 0 aliphatic heterocycles. The maximum atomic E-state index is 12.3. The molecule has 0 amide bonds. The van der Waals surface area contributed by atoms with Gasteiger partial charge in [0.05, 0.1) is 11.9 Å². The quantitative estimate of drug-likeness (QED) is 0.886. The number of hydrogen-bond acceptors (Lipinski definition) is 4. The van der Waals surface area contributed by atoms with Gasteiger partial charge in [0.2, 0.25) is 0 Å². The summed E-state index contributed by atoms with van der Waals surface area (Å²) in [5.74, 6) is 0. The monoisotopic (exact) mass is 302 g/mol. The number of benzene rings is 1. The standard InChI is InChI=1S/C15H15ClN4O/c16-14-13(19-18-11-6-4-5-7-11)10-17-20(15(14)21)12-8-2-1-3-9-12/h1-3,8-10,19H,4-7H2. The molecule has 3 rings (SSSR count). The van der Waals surface area contributed by atoms with Crippen LogP contribution in [-0.2, 0) is 0 Å². The lowest BCUT2D eigenvalue weighted by Gasteiger charge is -2.08. The molecule has 0 radical (unpaired) electrons. The predicted molar refractivity (Wildman–Crippen MR) is 84.4 cm³/mol. The zero-order chi connectivity index (χ0) is 14.7. The summed E-state index contributed by atoms with van der Waals surface area (Å²) in [5, 5.41) is 8.53. The van der Waals surface area contributed by atoms with Crippen molar-refractivity contribution in [2.45, 2.75) is 25.7 Å². The first kappa shape index (κ1) is 13.8. The van der Waals surface area contributed by atoms with E-state index in [1.807, 2.05) is 18.2 Å². The van der Waals surface area contributed by atoms with Gasteiger partial charge in [0.15, 0.2) is 0 Å². The van der Waals surface area contributed by atoms with E-state index in [-0.39, 0.29) is 10.6 Å². The Bertz CT molecular complexity index is 716. The van der Waals surface area contributed by atoms with Crippen molar-refractivity contribution < 1.29 is 0 Å². The van der Waals surface area contributed by atoms with Gasteiger partial charge in [-0.25, -0.2) is 0 Å². The molecule has 0 saturated heterocycles. The first-order chi connectivity index (χ1) is 10.3. The largest absolute Gasteiger partial charge is 0.292 e. The summed E-state index contributed by atoms with van der Waals surface area (Å²) < 4.78 is 1.27. The Labute approximate surface area is 127 Å². The molecule has 1 heterocycles.